The minimum atomic E-state index is -0.103. The standard InChI is InChI=1S/C20H17ClN4O/c21-17-8-6-15(7-9-17)19-22-12-18(13-23-19)26-20-24-10-16(11-25-20)14-4-2-1-3-5-14/h1-11,18H,12-13H2,(H,22,23). The summed E-state index contributed by atoms with van der Waals surface area (Å²) in [5, 5.41) is 4.00. The molecular weight excluding hydrogens is 348 g/mol. The van der Waals surface area contributed by atoms with E-state index < -0.39 is 0 Å². The third-order valence-corrected chi connectivity index (χ3v) is 4.33. The van der Waals surface area contributed by atoms with Crippen molar-refractivity contribution < 1.29 is 4.74 Å². The van der Waals surface area contributed by atoms with Gasteiger partial charge in [0, 0.05) is 28.5 Å². The number of halogens is 1. The molecule has 1 aliphatic rings. The fourth-order valence-electron chi connectivity index (χ4n) is 2.71. The molecule has 5 nitrogen and oxygen atoms in total. The fraction of sp³-hybridized carbons (Fsp3) is 0.150. The second-order valence-electron chi connectivity index (χ2n) is 5.94. The summed E-state index contributed by atoms with van der Waals surface area (Å²) in [5.41, 5.74) is 3.05. The van der Waals surface area contributed by atoms with Gasteiger partial charge in [0.25, 0.3) is 0 Å². The topological polar surface area (TPSA) is 59.4 Å². The molecule has 0 spiro atoms. The van der Waals surface area contributed by atoms with Gasteiger partial charge in [0.15, 0.2) is 0 Å². The lowest BCUT2D eigenvalue weighted by atomic mass is 10.1. The zero-order valence-corrected chi connectivity index (χ0v) is 14.7. The first-order valence-electron chi connectivity index (χ1n) is 8.36. The van der Waals surface area contributed by atoms with Gasteiger partial charge in [-0.05, 0) is 29.8 Å². The number of amidine groups is 1. The molecule has 0 amide bonds. The van der Waals surface area contributed by atoms with Gasteiger partial charge in [0.05, 0.1) is 13.1 Å². The van der Waals surface area contributed by atoms with Crippen LogP contribution < -0.4 is 10.1 Å². The van der Waals surface area contributed by atoms with E-state index in [0.29, 0.717) is 24.1 Å². The first kappa shape index (κ1) is 16.5. The van der Waals surface area contributed by atoms with Crippen molar-refractivity contribution in [2.45, 2.75) is 6.10 Å². The third kappa shape index (κ3) is 3.83. The van der Waals surface area contributed by atoms with Crippen LogP contribution in [0.3, 0.4) is 0 Å². The van der Waals surface area contributed by atoms with Crippen LogP contribution in [0.15, 0.2) is 72.0 Å². The first-order valence-corrected chi connectivity index (χ1v) is 8.74. The highest BCUT2D eigenvalue weighted by Gasteiger charge is 2.18. The summed E-state index contributed by atoms with van der Waals surface area (Å²) in [6, 6.07) is 18.0. The van der Waals surface area contributed by atoms with Crippen molar-refractivity contribution >= 4 is 17.4 Å². The average molecular weight is 365 g/mol. The zero-order chi connectivity index (χ0) is 17.8. The van der Waals surface area contributed by atoms with Gasteiger partial charge < -0.3 is 10.1 Å². The first-order chi connectivity index (χ1) is 12.8. The molecule has 0 fully saturated rings. The molecule has 26 heavy (non-hydrogen) atoms. The molecule has 0 aliphatic carbocycles. The summed E-state index contributed by atoms with van der Waals surface area (Å²) in [4.78, 5) is 13.2. The Bertz CT molecular complexity index is 895. The minimum absolute atomic E-state index is 0.103. The van der Waals surface area contributed by atoms with Crippen molar-refractivity contribution in [1.29, 1.82) is 0 Å². The van der Waals surface area contributed by atoms with E-state index in [4.69, 9.17) is 16.3 Å². The normalized spacial score (nSPS) is 16.5. The number of aliphatic imine (C=N–C) groups is 1. The van der Waals surface area contributed by atoms with Crippen LogP contribution >= 0.6 is 11.6 Å². The van der Waals surface area contributed by atoms with Crippen LogP contribution in [0.1, 0.15) is 5.56 Å². The van der Waals surface area contributed by atoms with E-state index in [-0.39, 0.29) is 6.10 Å². The fourth-order valence-corrected chi connectivity index (χ4v) is 2.84. The van der Waals surface area contributed by atoms with Crippen LogP contribution in [0, 0.1) is 0 Å². The maximum atomic E-state index is 5.92. The molecule has 1 aliphatic heterocycles. The molecule has 0 bridgehead atoms. The lowest BCUT2D eigenvalue weighted by molar-refractivity contribution is 0.190. The van der Waals surface area contributed by atoms with Crippen LogP contribution in [0.25, 0.3) is 11.1 Å². The van der Waals surface area contributed by atoms with E-state index in [1.807, 2.05) is 54.6 Å². The Labute approximate surface area is 156 Å². The molecule has 0 saturated heterocycles. The second kappa shape index (κ2) is 7.54. The number of aromatic nitrogens is 2. The van der Waals surface area contributed by atoms with Gasteiger partial charge in [-0.15, -0.1) is 0 Å². The number of rotatable bonds is 4. The maximum Gasteiger partial charge on any atom is 0.316 e. The molecule has 6 heteroatoms. The van der Waals surface area contributed by atoms with E-state index in [1.54, 1.807) is 12.4 Å². The predicted octanol–water partition coefficient (Wildman–Crippen LogP) is 3.59. The van der Waals surface area contributed by atoms with E-state index in [2.05, 4.69) is 20.3 Å². The zero-order valence-electron chi connectivity index (χ0n) is 14.0. The SMILES string of the molecule is Clc1ccc(C2=NCC(Oc3ncc(-c4ccccc4)cn3)CN2)cc1. The number of nitrogens with one attached hydrogen (secondary N) is 1. The van der Waals surface area contributed by atoms with Gasteiger partial charge in [-0.2, -0.15) is 0 Å². The van der Waals surface area contributed by atoms with Crippen LogP contribution in [0.4, 0.5) is 0 Å². The van der Waals surface area contributed by atoms with Crippen molar-refractivity contribution in [3.8, 4) is 17.1 Å². The number of nitrogens with zero attached hydrogens (tertiary/aromatic N) is 3. The second-order valence-corrected chi connectivity index (χ2v) is 6.37. The summed E-state index contributed by atoms with van der Waals surface area (Å²) in [6.45, 7) is 1.19. The molecular formula is C20H17ClN4O. The van der Waals surface area contributed by atoms with Crippen molar-refractivity contribution in [1.82, 2.24) is 15.3 Å². The van der Waals surface area contributed by atoms with Crippen LogP contribution in [-0.2, 0) is 0 Å². The van der Waals surface area contributed by atoms with E-state index >= 15 is 0 Å². The molecule has 1 N–H and O–H groups in total. The Morgan fingerprint density at radius 2 is 1.62 bits per heavy atom. The number of hydrogen-bond acceptors (Lipinski definition) is 5. The van der Waals surface area contributed by atoms with E-state index in [9.17, 15) is 0 Å². The quantitative estimate of drug-likeness (QED) is 0.768. The third-order valence-electron chi connectivity index (χ3n) is 4.08. The highest BCUT2D eigenvalue weighted by Crippen LogP contribution is 2.18. The monoisotopic (exact) mass is 364 g/mol. The molecule has 0 radical (unpaired) electrons. The smallest absolute Gasteiger partial charge is 0.316 e. The number of ether oxygens (including phenoxy) is 1. The molecule has 1 atom stereocenters. The Balaban J connectivity index is 1.39. The molecule has 4 rings (SSSR count). The summed E-state index contributed by atoms with van der Waals surface area (Å²) in [6.07, 6.45) is 3.45. The Morgan fingerprint density at radius 1 is 0.885 bits per heavy atom. The summed E-state index contributed by atoms with van der Waals surface area (Å²) < 4.78 is 5.84. The number of hydrogen-bond donors (Lipinski definition) is 1. The van der Waals surface area contributed by atoms with Crippen molar-refractivity contribution in [2.75, 3.05) is 13.1 Å². The van der Waals surface area contributed by atoms with Gasteiger partial charge in [0.1, 0.15) is 11.9 Å². The maximum absolute atomic E-state index is 5.92. The molecule has 130 valence electrons. The Morgan fingerprint density at radius 3 is 2.27 bits per heavy atom. The largest absolute Gasteiger partial charge is 0.456 e. The van der Waals surface area contributed by atoms with Gasteiger partial charge in [-0.25, -0.2) is 9.97 Å². The van der Waals surface area contributed by atoms with Crippen LogP contribution in [0.2, 0.25) is 5.02 Å². The highest BCUT2D eigenvalue weighted by atomic mass is 35.5. The van der Waals surface area contributed by atoms with Crippen molar-refractivity contribution in [3.05, 3.63) is 77.6 Å². The lowest BCUT2D eigenvalue weighted by Gasteiger charge is -2.23. The predicted molar refractivity (Wildman–Crippen MR) is 103 cm³/mol. The summed E-state index contributed by atoms with van der Waals surface area (Å²) in [5.74, 6) is 0.849. The molecule has 2 heterocycles. The molecule has 1 unspecified atom stereocenters. The van der Waals surface area contributed by atoms with Gasteiger partial charge >= 0.3 is 6.01 Å². The van der Waals surface area contributed by atoms with Crippen LogP contribution in [-0.4, -0.2) is 35.0 Å². The summed E-state index contributed by atoms with van der Waals surface area (Å²) >= 11 is 5.92. The van der Waals surface area contributed by atoms with Crippen molar-refractivity contribution in [3.63, 3.8) is 0 Å². The lowest BCUT2D eigenvalue weighted by Crippen LogP contribution is -2.42. The molecule has 0 saturated carbocycles. The van der Waals surface area contributed by atoms with E-state index in [1.165, 1.54) is 0 Å². The van der Waals surface area contributed by atoms with Crippen LogP contribution in [0.5, 0.6) is 6.01 Å². The van der Waals surface area contributed by atoms with Gasteiger partial charge in [-0.3, -0.25) is 4.99 Å². The number of benzene rings is 2. The molecule has 3 aromatic rings. The Hall–Kier alpha value is -2.92. The van der Waals surface area contributed by atoms with E-state index in [0.717, 1.165) is 22.5 Å². The molecule has 2 aromatic carbocycles. The van der Waals surface area contributed by atoms with Gasteiger partial charge in [0.2, 0.25) is 0 Å². The van der Waals surface area contributed by atoms with Gasteiger partial charge in [-0.1, -0.05) is 41.9 Å². The highest BCUT2D eigenvalue weighted by molar-refractivity contribution is 6.30. The minimum Gasteiger partial charge on any atom is -0.456 e. The average Bonchev–Trinajstić information content (AvgIpc) is 2.71. The molecule has 1 aromatic heterocycles. The van der Waals surface area contributed by atoms with Crippen molar-refractivity contribution in [2.24, 2.45) is 4.99 Å². The summed E-state index contributed by atoms with van der Waals surface area (Å²) in [7, 11) is 0. The Kier molecular flexibility index (Phi) is 4.80.